The molecule has 1 aromatic carbocycles. The van der Waals surface area contributed by atoms with Gasteiger partial charge in [0.05, 0.1) is 0 Å². The van der Waals surface area contributed by atoms with Crippen LogP contribution in [0.1, 0.15) is 32.1 Å². The van der Waals surface area contributed by atoms with Gasteiger partial charge in [0.25, 0.3) is 0 Å². The van der Waals surface area contributed by atoms with Crippen LogP contribution in [-0.4, -0.2) is 24.9 Å². The molecule has 0 bridgehead atoms. The molecular formula is C16H24N2S. The minimum atomic E-state index is 0.656. The Morgan fingerprint density at radius 1 is 1.16 bits per heavy atom. The zero-order valence-corrected chi connectivity index (χ0v) is 12.5. The summed E-state index contributed by atoms with van der Waals surface area (Å²) in [6.07, 6.45) is 8.97. The second kappa shape index (κ2) is 6.19. The molecule has 0 aromatic heterocycles. The van der Waals surface area contributed by atoms with E-state index in [2.05, 4.69) is 41.2 Å². The Labute approximate surface area is 120 Å². The van der Waals surface area contributed by atoms with Gasteiger partial charge in [0, 0.05) is 22.7 Å². The SMILES string of the molecule is CSc1ccccc1NC1CCCC1C1CCCN1. The molecule has 1 saturated carbocycles. The Balaban J connectivity index is 1.70. The first-order chi connectivity index (χ1) is 9.38. The van der Waals surface area contributed by atoms with Gasteiger partial charge in [0.1, 0.15) is 0 Å². The van der Waals surface area contributed by atoms with E-state index in [1.165, 1.54) is 49.2 Å². The smallest absolute Gasteiger partial charge is 0.0480 e. The lowest BCUT2D eigenvalue weighted by atomic mass is 9.93. The highest BCUT2D eigenvalue weighted by Gasteiger charge is 2.35. The highest BCUT2D eigenvalue weighted by molar-refractivity contribution is 7.98. The predicted molar refractivity (Wildman–Crippen MR) is 84.0 cm³/mol. The molecule has 3 heteroatoms. The summed E-state index contributed by atoms with van der Waals surface area (Å²) in [6.45, 7) is 1.22. The first-order valence-corrected chi connectivity index (χ1v) is 8.74. The zero-order valence-electron chi connectivity index (χ0n) is 11.7. The summed E-state index contributed by atoms with van der Waals surface area (Å²) in [5.74, 6) is 0.817. The van der Waals surface area contributed by atoms with Crippen molar-refractivity contribution in [3.05, 3.63) is 24.3 Å². The van der Waals surface area contributed by atoms with Crippen molar-refractivity contribution in [1.29, 1.82) is 0 Å². The van der Waals surface area contributed by atoms with E-state index in [1.54, 1.807) is 0 Å². The maximum atomic E-state index is 3.83. The molecule has 2 N–H and O–H groups in total. The molecule has 1 aromatic rings. The monoisotopic (exact) mass is 276 g/mol. The predicted octanol–water partition coefficient (Wildman–Crippen LogP) is 3.74. The van der Waals surface area contributed by atoms with E-state index in [-0.39, 0.29) is 0 Å². The minimum absolute atomic E-state index is 0.656. The first kappa shape index (κ1) is 13.3. The van der Waals surface area contributed by atoms with Gasteiger partial charge in [-0.2, -0.15) is 0 Å². The summed E-state index contributed by atoms with van der Waals surface area (Å²) in [7, 11) is 0. The molecule has 1 aliphatic carbocycles. The third-order valence-electron chi connectivity index (χ3n) is 4.63. The lowest BCUT2D eigenvalue weighted by molar-refractivity contribution is 0.376. The lowest BCUT2D eigenvalue weighted by Gasteiger charge is -2.28. The van der Waals surface area contributed by atoms with E-state index in [4.69, 9.17) is 0 Å². The maximum absolute atomic E-state index is 3.83. The number of anilines is 1. The number of para-hydroxylation sites is 1. The third-order valence-corrected chi connectivity index (χ3v) is 5.43. The average Bonchev–Trinajstić information content (AvgIpc) is 3.09. The van der Waals surface area contributed by atoms with Crippen molar-refractivity contribution in [2.24, 2.45) is 5.92 Å². The largest absolute Gasteiger partial charge is 0.381 e. The molecule has 2 nitrogen and oxygen atoms in total. The van der Waals surface area contributed by atoms with Crippen LogP contribution in [0.3, 0.4) is 0 Å². The molecule has 3 unspecified atom stereocenters. The van der Waals surface area contributed by atoms with Crippen LogP contribution in [0.15, 0.2) is 29.2 Å². The number of hydrogen-bond acceptors (Lipinski definition) is 3. The molecule has 2 fully saturated rings. The van der Waals surface area contributed by atoms with Gasteiger partial charge in [-0.3, -0.25) is 0 Å². The second-order valence-corrected chi connectivity index (χ2v) is 6.60. The van der Waals surface area contributed by atoms with Gasteiger partial charge < -0.3 is 10.6 Å². The summed E-state index contributed by atoms with van der Waals surface area (Å²) < 4.78 is 0. The molecular weight excluding hydrogens is 252 g/mol. The van der Waals surface area contributed by atoms with Crippen molar-refractivity contribution in [3.63, 3.8) is 0 Å². The summed E-state index contributed by atoms with van der Waals surface area (Å²) in [5.41, 5.74) is 1.32. The Morgan fingerprint density at radius 3 is 2.84 bits per heavy atom. The lowest BCUT2D eigenvalue weighted by Crippen LogP contribution is -2.38. The fraction of sp³-hybridized carbons (Fsp3) is 0.625. The Kier molecular flexibility index (Phi) is 4.34. The van der Waals surface area contributed by atoms with E-state index in [0.717, 1.165) is 12.0 Å². The second-order valence-electron chi connectivity index (χ2n) is 5.75. The van der Waals surface area contributed by atoms with Gasteiger partial charge in [-0.1, -0.05) is 18.6 Å². The van der Waals surface area contributed by atoms with E-state index in [0.29, 0.717) is 6.04 Å². The topological polar surface area (TPSA) is 24.1 Å². The molecule has 104 valence electrons. The van der Waals surface area contributed by atoms with E-state index in [9.17, 15) is 0 Å². The molecule has 3 atom stereocenters. The Bertz CT molecular complexity index is 415. The number of rotatable bonds is 4. The Hall–Kier alpha value is -0.670. The van der Waals surface area contributed by atoms with Crippen LogP contribution in [0.5, 0.6) is 0 Å². The number of thioether (sulfide) groups is 1. The highest BCUT2D eigenvalue weighted by Crippen LogP contribution is 2.35. The van der Waals surface area contributed by atoms with Crippen LogP contribution in [-0.2, 0) is 0 Å². The van der Waals surface area contributed by atoms with E-state index in [1.807, 2.05) is 11.8 Å². The van der Waals surface area contributed by atoms with Crippen LogP contribution in [0.2, 0.25) is 0 Å². The summed E-state index contributed by atoms with van der Waals surface area (Å²) in [6, 6.07) is 10.1. The molecule has 3 rings (SSSR count). The molecule has 1 aliphatic heterocycles. The quantitative estimate of drug-likeness (QED) is 0.819. The van der Waals surface area contributed by atoms with Crippen molar-refractivity contribution in [2.45, 2.75) is 49.1 Å². The fourth-order valence-corrected chi connectivity index (χ4v) is 4.25. The van der Waals surface area contributed by atoms with Crippen LogP contribution < -0.4 is 10.6 Å². The van der Waals surface area contributed by atoms with Crippen molar-refractivity contribution in [1.82, 2.24) is 5.32 Å². The molecule has 19 heavy (non-hydrogen) atoms. The Morgan fingerprint density at radius 2 is 2.05 bits per heavy atom. The van der Waals surface area contributed by atoms with Gasteiger partial charge in [-0.25, -0.2) is 0 Å². The van der Waals surface area contributed by atoms with Crippen molar-refractivity contribution < 1.29 is 0 Å². The van der Waals surface area contributed by atoms with Gasteiger partial charge >= 0.3 is 0 Å². The molecule has 0 amide bonds. The number of hydrogen-bond donors (Lipinski definition) is 2. The standard InChI is InChI=1S/C16H24N2S/c1-19-16-10-3-2-7-15(16)18-14-8-4-6-12(14)13-9-5-11-17-13/h2-3,7,10,12-14,17-18H,4-6,8-9,11H2,1H3. The van der Waals surface area contributed by atoms with Gasteiger partial charge in [-0.05, 0) is 56.5 Å². The summed E-state index contributed by atoms with van der Waals surface area (Å²) >= 11 is 1.83. The fourth-order valence-electron chi connectivity index (χ4n) is 3.69. The molecule has 1 heterocycles. The third kappa shape index (κ3) is 2.92. The maximum Gasteiger partial charge on any atom is 0.0480 e. The minimum Gasteiger partial charge on any atom is -0.381 e. The normalized spacial score (nSPS) is 30.7. The molecule has 1 saturated heterocycles. The van der Waals surface area contributed by atoms with Crippen molar-refractivity contribution >= 4 is 17.4 Å². The summed E-state index contributed by atoms with van der Waals surface area (Å²) in [5, 5.41) is 7.52. The number of nitrogens with one attached hydrogen (secondary N) is 2. The van der Waals surface area contributed by atoms with Crippen molar-refractivity contribution in [2.75, 3.05) is 18.1 Å². The molecule has 2 aliphatic rings. The van der Waals surface area contributed by atoms with E-state index < -0.39 is 0 Å². The first-order valence-electron chi connectivity index (χ1n) is 7.51. The van der Waals surface area contributed by atoms with Crippen LogP contribution in [0, 0.1) is 5.92 Å². The molecule has 0 spiro atoms. The molecule has 0 radical (unpaired) electrons. The van der Waals surface area contributed by atoms with Gasteiger partial charge in [0.2, 0.25) is 0 Å². The number of benzene rings is 1. The van der Waals surface area contributed by atoms with Crippen LogP contribution >= 0.6 is 11.8 Å². The summed E-state index contributed by atoms with van der Waals surface area (Å²) in [4.78, 5) is 1.37. The van der Waals surface area contributed by atoms with Gasteiger partial charge in [-0.15, -0.1) is 11.8 Å². The highest BCUT2D eigenvalue weighted by atomic mass is 32.2. The van der Waals surface area contributed by atoms with Crippen LogP contribution in [0.4, 0.5) is 5.69 Å². The van der Waals surface area contributed by atoms with Gasteiger partial charge in [0.15, 0.2) is 0 Å². The van der Waals surface area contributed by atoms with Crippen molar-refractivity contribution in [3.8, 4) is 0 Å². The van der Waals surface area contributed by atoms with E-state index >= 15 is 0 Å². The average molecular weight is 276 g/mol. The zero-order chi connectivity index (χ0) is 13.1. The van der Waals surface area contributed by atoms with Crippen LogP contribution in [0.25, 0.3) is 0 Å².